The summed E-state index contributed by atoms with van der Waals surface area (Å²) in [6.07, 6.45) is 6.33. The molecule has 1 aromatic heterocycles. The number of amides is 2. The number of pyridine rings is 1. The predicted octanol–water partition coefficient (Wildman–Crippen LogP) is 1.23. The number of nitrogens with one attached hydrogen (secondary N) is 1. The van der Waals surface area contributed by atoms with Gasteiger partial charge in [-0.15, -0.1) is 0 Å². The number of hydrogen-bond donors (Lipinski definition) is 1. The van der Waals surface area contributed by atoms with Crippen LogP contribution in [0, 0.1) is 0 Å². The van der Waals surface area contributed by atoms with Gasteiger partial charge in [0.15, 0.2) is 0 Å². The molecule has 1 saturated heterocycles. The molecule has 1 N–H and O–H groups in total. The van der Waals surface area contributed by atoms with Gasteiger partial charge in [-0.25, -0.2) is 4.98 Å². The summed E-state index contributed by atoms with van der Waals surface area (Å²) < 4.78 is 5.43. The Labute approximate surface area is 129 Å². The molecule has 6 nitrogen and oxygen atoms in total. The molecule has 0 aliphatic carbocycles. The number of aryl methyl sites for hydroxylation is 1. The topological polar surface area (TPSA) is 71.5 Å². The molecule has 2 aliphatic heterocycles. The van der Waals surface area contributed by atoms with Crippen LogP contribution in [0.2, 0.25) is 0 Å². The molecule has 6 heteroatoms. The zero-order chi connectivity index (χ0) is 15.5. The summed E-state index contributed by atoms with van der Waals surface area (Å²) >= 11 is 0. The molecule has 0 bridgehead atoms. The molecule has 3 rings (SSSR count). The van der Waals surface area contributed by atoms with Gasteiger partial charge in [0.25, 0.3) is 0 Å². The van der Waals surface area contributed by atoms with Crippen molar-refractivity contribution in [3.8, 4) is 0 Å². The summed E-state index contributed by atoms with van der Waals surface area (Å²) in [5.74, 6) is 0.615. The molecule has 0 unspecified atom stereocenters. The van der Waals surface area contributed by atoms with Crippen molar-refractivity contribution in [2.75, 3.05) is 25.0 Å². The second kappa shape index (κ2) is 6.27. The van der Waals surface area contributed by atoms with Crippen LogP contribution in [-0.4, -0.2) is 47.5 Å². The SMILES string of the molecule is CCOC1CN(C(=O)C=Cc2cnc3c(c2)CCC(=O)N3)C1. The lowest BCUT2D eigenvalue weighted by Crippen LogP contribution is -2.54. The molecule has 2 amide bonds. The van der Waals surface area contributed by atoms with Crippen LogP contribution in [0.5, 0.6) is 0 Å². The summed E-state index contributed by atoms with van der Waals surface area (Å²) in [5.41, 5.74) is 1.87. The van der Waals surface area contributed by atoms with Crippen molar-refractivity contribution in [3.05, 3.63) is 29.5 Å². The molecule has 1 fully saturated rings. The van der Waals surface area contributed by atoms with Gasteiger partial charge in [-0.3, -0.25) is 9.59 Å². The first kappa shape index (κ1) is 14.7. The van der Waals surface area contributed by atoms with Gasteiger partial charge in [0, 0.05) is 38.4 Å². The van der Waals surface area contributed by atoms with Crippen molar-refractivity contribution >= 4 is 23.7 Å². The van der Waals surface area contributed by atoms with Crippen LogP contribution in [0.3, 0.4) is 0 Å². The van der Waals surface area contributed by atoms with Crippen molar-refractivity contribution in [3.63, 3.8) is 0 Å². The standard InChI is InChI=1S/C16H19N3O3/c1-2-22-13-9-19(10-13)15(21)6-3-11-7-12-4-5-14(20)18-16(12)17-8-11/h3,6-8,13H,2,4-5,9-10H2,1H3,(H,17,18,20). The lowest BCUT2D eigenvalue weighted by Gasteiger charge is -2.38. The maximum atomic E-state index is 12.0. The minimum Gasteiger partial charge on any atom is -0.375 e. The number of hydrogen-bond acceptors (Lipinski definition) is 4. The smallest absolute Gasteiger partial charge is 0.246 e. The fourth-order valence-electron chi connectivity index (χ4n) is 2.60. The van der Waals surface area contributed by atoms with E-state index in [0.717, 1.165) is 11.1 Å². The van der Waals surface area contributed by atoms with Crippen LogP contribution >= 0.6 is 0 Å². The largest absolute Gasteiger partial charge is 0.375 e. The quantitative estimate of drug-likeness (QED) is 0.849. The summed E-state index contributed by atoms with van der Waals surface area (Å²) in [4.78, 5) is 29.3. The van der Waals surface area contributed by atoms with Crippen LogP contribution in [0.4, 0.5) is 5.82 Å². The van der Waals surface area contributed by atoms with Crippen molar-refractivity contribution < 1.29 is 14.3 Å². The minimum atomic E-state index is -0.0121. The van der Waals surface area contributed by atoms with E-state index in [4.69, 9.17) is 4.74 Å². The van der Waals surface area contributed by atoms with E-state index in [-0.39, 0.29) is 17.9 Å². The van der Waals surface area contributed by atoms with Gasteiger partial charge in [0.2, 0.25) is 11.8 Å². The Balaban J connectivity index is 1.59. The van der Waals surface area contributed by atoms with E-state index in [1.165, 1.54) is 0 Å². The van der Waals surface area contributed by atoms with Gasteiger partial charge in [0.1, 0.15) is 5.82 Å². The van der Waals surface area contributed by atoms with Crippen molar-refractivity contribution in [1.82, 2.24) is 9.88 Å². The first-order valence-corrected chi connectivity index (χ1v) is 7.53. The van der Waals surface area contributed by atoms with Gasteiger partial charge in [-0.2, -0.15) is 0 Å². The molecule has 22 heavy (non-hydrogen) atoms. The first-order chi connectivity index (χ1) is 10.7. The number of carbonyl (C=O) groups is 2. The average molecular weight is 301 g/mol. The number of anilines is 1. The molecular formula is C16H19N3O3. The highest BCUT2D eigenvalue weighted by atomic mass is 16.5. The number of carbonyl (C=O) groups excluding carboxylic acids is 2. The summed E-state index contributed by atoms with van der Waals surface area (Å²) in [5, 5.41) is 2.74. The van der Waals surface area contributed by atoms with Gasteiger partial charge in [-0.1, -0.05) is 0 Å². The van der Waals surface area contributed by atoms with Gasteiger partial charge < -0.3 is 15.0 Å². The van der Waals surface area contributed by atoms with E-state index in [1.54, 1.807) is 23.2 Å². The maximum absolute atomic E-state index is 12.0. The Morgan fingerprint density at radius 3 is 3.09 bits per heavy atom. The fourth-order valence-corrected chi connectivity index (χ4v) is 2.60. The summed E-state index contributed by atoms with van der Waals surface area (Å²) in [6.45, 7) is 3.95. The maximum Gasteiger partial charge on any atom is 0.246 e. The molecule has 1 aromatic rings. The molecule has 0 saturated carbocycles. The summed E-state index contributed by atoms with van der Waals surface area (Å²) in [7, 11) is 0. The summed E-state index contributed by atoms with van der Waals surface area (Å²) in [6, 6.07) is 1.96. The number of fused-ring (bicyclic) bond motifs is 1. The van der Waals surface area contributed by atoms with E-state index in [9.17, 15) is 9.59 Å². The Morgan fingerprint density at radius 2 is 2.32 bits per heavy atom. The zero-order valence-corrected chi connectivity index (χ0v) is 12.5. The number of ether oxygens (including phenoxy) is 1. The number of aromatic nitrogens is 1. The van der Waals surface area contributed by atoms with E-state index in [2.05, 4.69) is 10.3 Å². The molecule has 0 spiro atoms. The molecule has 2 aliphatic rings. The van der Waals surface area contributed by atoms with Crippen LogP contribution in [-0.2, 0) is 20.7 Å². The monoisotopic (exact) mass is 301 g/mol. The molecule has 0 atom stereocenters. The first-order valence-electron chi connectivity index (χ1n) is 7.53. The predicted molar refractivity (Wildman–Crippen MR) is 82.2 cm³/mol. The second-order valence-corrected chi connectivity index (χ2v) is 5.48. The Hall–Kier alpha value is -2.21. The van der Waals surface area contributed by atoms with Crippen LogP contribution < -0.4 is 5.32 Å². The van der Waals surface area contributed by atoms with Crippen molar-refractivity contribution in [1.29, 1.82) is 0 Å². The van der Waals surface area contributed by atoms with Crippen molar-refractivity contribution in [2.24, 2.45) is 0 Å². The lowest BCUT2D eigenvalue weighted by molar-refractivity contribution is -0.139. The molecule has 116 valence electrons. The highest BCUT2D eigenvalue weighted by Crippen LogP contribution is 2.21. The highest BCUT2D eigenvalue weighted by molar-refractivity contribution is 5.94. The van der Waals surface area contributed by atoms with E-state index < -0.39 is 0 Å². The highest BCUT2D eigenvalue weighted by Gasteiger charge is 2.29. The van der Waals surface area contributed by atoms with E-state index in [0.29, 0.717) is 38.4 Å². The fraction of sp³-hybridized carbons (Fsp3) is 0.438. The number of likely N-dealkylation sites (tertiary alicyclic amines) is 1. The van der Waals surface area contributed by atoms with Crippen molar-refractivity contribution in [2.45, 2.75) is 25.9 Å². The number of rotatable bonds is 4. The van der Waals surface area contributed by atoms with E-state index in [1.807, 2.05) is 13.0 Å². The third-order valence-corrected chi connectivity index (χ3v) is 3.85. The Kier molecular flexibility index (Phi) is 4.20. The lowest BCUT2D eigenvalue weighted by atomic mass is 10.0. The van der Waals surface area contributed by atoms with E-state index >= 15 is 0 Å². The second-order valence-electron chi connectivity index (χ2n) is 5.48. The normalized spacial score (nSPS) is 18.0. The van der Waals surface area contributed by atoms with Gasteiger partial charge in [0.05, 0.1) is 6.10 Å². The van der Waals surface area contributed by atoms with Crippen LogP contribution in [0.1, 0.15) is 24.5 Å². The third kappa shape index (κ3) is 3.17. The number of nitrogens with zero attached hydrogens (tertiary/aromatic N) is 2. The van der Waals surface area contributed by atoms with Gasteiger partial charge in [-0.05, 0) is 36.6 Å². The molecule has 0 aromatic carbocycles. The van der Waals surface area contributed by atoms with Crippen LogP contribution in [0.15, 0.2) is 18.3 Å². The molecular weight excluding hydrogens is 282 g/mol. The zero-order valence-electron chi connectivity index (χ0n) is 12.5. The average Bonchev–Trinajstić information content (AvgIpc) is 2.48. The minimum absolute atomic E-state index is 0.0000978. The molecule has 0 radical (unpaired) electrons. The Morgan fingerprint density at radius 1 is 1.50 bits per heavy atom. The molecule has 3 heterocycles. The van der Waals surface area contributed by atoms with Crippen LogP contribution in [0.25, 0.3) is 6.08 Å². The third-order valence-electron chi connectivity index (χ3n) is 3.85. The van der Waals surface area contributed by atoms with Gasteiger partial charge >= 0.3 is 0 Å². The Bertz CT molecular complexity index is 621.